The number of rotatable bonds is 8. The van der Waals surface area contributed by atoms with Crippen LogP contribution in [0.1, 0.15) is 26.7 Å². The highest BCUT2D eigenvalue weighted by atomic mass is 16.5. The molecule has 2 heteroatoms. The van der Waals surface area contributed by atoms with Gasteiger partial charge >= 0.3 is 0 Å². The third-order valence-electron chi connectivity index (χ3n) is 2.20. The minimum absolute atomic E-state index is 0.286. The van der Waals surface area contributed by atoms with E-state index in [0.717, 1.165) is 12.8 Å². The highest BCUT2D eigenvalue weighted by molar-refractivity contribution is 5.37. The standard InChI is InChI=1S/C13H20O2/c1-4-6-7-8-9-13(5-2)12(3)10-15-11-14/h4,7-9,11-12H,1,5-6,10H2,2-3H3/b8-7-,13-9+. The van der Waals surface area contributed by atoms with Gasteiger partial charge in [0.05, 0.1) is 6.61 Å². The molecule has 0 heterocycles. The van der Waals surface area contributed by atoms with Crippen LogP contribution in [-0.2, 0) is 9.53 Å². The van der Waals surface area contributed by atoms with Crippen LogP contribution < -0.4 is 0 Å². The molecule has 0 aromatic rings. The van der Waals surface area contributed by atoms with E-state index in [1.165, 1.54) is 5.57 Å². The predicted octanol–water partition coefficient (Wildman–Crippen LogP) is 3.26. The van der Waals surface area contributed by atoms with Gasteiger partial charge in [0, 0.05) is 5.92 Å². The summed E-state index contributed by atoms with van der Waals surface area (Å²) in [5, 5.41) is 0. The zero-order valence-electron chi connectivity index (χ0n) is 9.61. The van der Waals surface area contributed by atoms with E-state index in [9.17, 15) is 4.79 Å². The Hall–Kier alpha value is -1.31. The minimum atomic E-state index is 0.286. The van der Waals surface area contributed by atoms with Gasteiger partial charge in [0.25, 0.3) is 6.47 Å². The molecule has 0 N–H and O–H groups in total. The summed E-state index contributed by atoms with van der Waals surface area (Å²) in [5.41, 5.74) is 1.29. The molecule has 84 valence electrons. The highest BCUT2D eigenvalue weighted by Gasteiger charge is 2.05. The van der Waals surface area contributed by atoms with E-state index in [1.54, 1.807) is 0 Å². The first-order valence-electron chi connectivity index (χ1n) is 5.28. The molecule has 15 heavy (non-hydrogen) atoms. The molecule has 0 aromatic heterocycles. The van der Waals surface area contributed by atoms with Crippen molar-refractivity contribution in [1.82, 2.24) is 0 Å². The van der Waals surface area contributed by atoms with Crippen LogP contribution in [0.15, 0.2) is 36.5 Å². The third-order valence-corrected chi connectivity index (χ3v) is 2.20. The fraction of sp³-hybridized carbons (Fsp3) is 0.462. The van der Waals surface area contributed by atoms with Gasteiger partial charge in [-0.25, -0.2) is 0 Å². The van der Waals surface area contributed by atoms with E-state index in [0.29, 0.717) is 13.1 Å². The maximum Gasteiger partial charge on any atom is 0.293 e. The van der Waals surface area contributed by atoms with E-state index in [2.05, 4.69) is 32.6 Å². The van der Waals surface area contributed by atoms with Crippen LogP contribution in [0, 0.1) is 5.92 Å². The topological polar surface area (TPSA) is 26.3 Å². The largest absolute Gasteiger partial charge is 0.467 e. The molecule has 0 fully saturated rings. The summed E-state index contributed by atoms with van der Waals surface area (Å²) >= 11 is 0. The Morgan fingerprint density at radius 2 is 2.27 bits per heavy atom. The number of allylic oxidation sites excluding steroid dienone is 4. The Bertz CT molecular complexity index is 239. The van der Waals surface area contributed by atoms with Crippen molar-refractivity contribution in [3.8, 4) is 0 Å². The number of carbonyl (C=O) groups is 1. The van der Waals surface area contributed by atoms with Crippen molar-refractivity contribution in [2.75, 3.05) is 6.61 Å². The summed E-state index contributed by atoms with van der Waals surface area (Å²) in [4.78, 5) is 10.1. The molecule has 0 amide bonds. The molecule has 1 unspecified atom stereocenters. The van der Waals surface area contributed by atoms with Gasteiger partial charge < -0.3 is 4.74 Å². The predicted molar refractivity (Wildman–Crippen MR) is 63.5 cm³/mol. The van der Waals surface area contributed by atoms with Gasteiger partial charge in [0.15, 0.2) is 0 Å². The SMILES string of the molecule is C=CC/C=C\C=C(/CC)C(C)COC=O. The second-order valence-electron chi connectivity index (χ2n) is 3.38. The van der Waals surface area contributed by atoms with Crippen molar-refractivity contribution < 1.29 is 9.53 Å². The Morgan fingerprint density at radius 1 is 1.53 bits per heavy atom. The molecule has 0 aliphatic heterocycles. The van der Waals surface area contributed by atoms with Gasteiger partial charge in [-0.1, -0.05) is 43.7 Å². The third kappa shape index (κ3) is 6.72. The average Bonchev–Trinajstić information content (AvgIpc) is 2.26. The Balaban J connectivity index is 4.18. The molecule has 0 spiro atoms. The second kappa shape index (κ2) is 9.25. The van der Waals surface area contributed by atoms with Gasteiger partial charge in [-0.3, -0.25) is 4.79 Å². The van der Waals surface area contributed by atoms with Crippen LogP contribution in [0.2, 0.25) is 0 Å². The molecule has 0 aliphatic carbocycles. The number of carbonyl (C=O) groups excluding carboxylic acids is 1. The normalized spacial score (nSPS) is 13.9. The summed E-state index contributed by atoms with van der Waals surface area (Å²) < 4.78 is 4.74. The summed E-state index contributed by atoms with van der Waals surface area (Å²) in [7, 11) is 0. The first kappa shape index (κ1) is 13.7. The van der Waals surface area contributed by atoms with Crippen molar-refractivity contribution >= 4 is 6.47 Å². The zero-order chi connectivity index (χ0) is 11.5. The lowest BCUT2D eigenvalue weighted by atomic mass is 9.99. The first-order valence-corrected chi connectivity index (χ1v) is 5.28. The van der Waals surface area contributed by atoms with Gasteiger partial charge in [0.1, 0.15) is 0 Å². The van der Waals surface area contributed by atoms with Crippen LogP contribution in [0.3, 0.4) is 0 Å². The second-order valence-corrected chi connectivity index (χ2v) is 3.38. The van der Waals surface area contributed by atoms with Gasteiger partial charge in [-0.15, -0.1) is 6.58 Å². The van der Waals surface area contributed by atoms with E-state index in [4.69, 9.17) is 4.74 Å². The van der Waals surface area contributed by atoms with Crippen molar-refractivity contribution in [2.24, 2.45) is 5.92 Å². The lowest BCUT2D eigenvalue weighted by molar-refractivity contribution is -0.129. The smallest absolute Gasteiger partial charge is 0.293 e. The van der Waals surface area contributed by atoms with Gasteiger partial charge in [-0.05, 0) is 12.8 Å². The number of hydrogen-bond donors (Lipinski definition) is 0. The van der Waals surface area contributed by atoms with Gasteiger partial charge in [0.2, 0.25) is 0 Å². The first-order chi connectivity index (χ1) is 7.26. The molecule has 0 saturated carbocycles. The van der Waals surface area contributed by atoms with E-state index in [-0.39, 0.29) is 5.92 Å². The molecule has 0 rings (SSSR count). The van der Waals surface area contributed by atoms with Crippen LogP contribution >= 0.6 is 0 Å². The molecule has 0 bridgehead atoms. The molecular weight excluding hydrogens is 188 g/mol. The van der Waals surface area contributed by atoms with E-state index in [1.807, 2.05) is 12.2 Å². The van der Waals surface area contributed by atoms with Crippen molar-refractivity contribution in [3.05, 3.63) is 36.5 Å². The summed E-state index contributed by atoms with van der Waals surface area (Å²) in [6.45, 7) is 8.75. The van der Waals surface area contributed by atoms with Crippen LogP contribution in [0.5, 0.6) is 0 Å². The van der Waals surface area contributed by atoms with Crippen LogP contribution in [0.25, 0.3) is 0 Å². The summed E-state index contributed by atoms with van der Waals surface area (Å²) in [5.74, 6) is 0.286. The number of ether oxygens (including phenoxy) is 1. The van der Waals surface area contributed by atoms with E-state index < -0.39 is 0 Å². The monoisotopic (exact) mass is 208 g/mol. The van der Waals surface area contributed by atoms with E-state index >= 15 is 0 Å². The Kier molecular flexibility index (Phi) is 8.44. The van der Waals surface area contributed by atoms with Crippen LogP contribution in [0.4, 0.5) is 0 Å². The maximum absolute atomic E-state index is 10.1. The quantitative estimate of drug-likeness (QED) is 0.347. The molecule has 1 atom stereocenters. The molecule has 2 nitrogen and oxygen atoms in total. The Labute approximate surface area is 92.3 Å². The average molecular weight is 208 g/mol. The van der Waals surface area contributed by atoms with Crippen molar-refractivity contribution in [1.29, 1.82) is 0 Å². The maximum atomic E-state index is 10.1. The Morgan fingerprint density at radius 3 is 2.80 bits per heavy atom. The molecule has 0 aliphatic rings. The highest BCUT2D eigenvalue weighted by Crippen LogP contribution is 2.14. The lowest BCUT2D eigenvalue weighted by Gasteiger charge is -2.12. The molecule has 0 aromatic carbocycles. The number of hydrogen-bond acceptors (Lipinski definition) is 2. The lowest BCUT2D eigenvalue weighted by Crippen LogP contribution is -2.07. The minimum Gasteiger partial charge on any atom is -0.467 e. The van der Waals surface area contributed by atoms with Gasteiger partial charge in [-0.2, -0.15) is 0 Å². The fourth-order valence-corrected chi connectivity index (χ4v) is 1.29. The van der Waals surface area contributed by atoms with Crippen LogP contribution in [-0.4, -0.2) is 13.1 Å². The van der Waals surface area contributed by atoms with Crippen molar-refractivity contribution in [2.45, 2.75) is 26.7 Å². The summed E-state index contributed by atoms with van der Waals surface area (Å²) in [6.07, 6.45) is 9.87. The fourth-order valence-electron chi connectivity index (χ4n) is 1.29. The molecular formula is C13H20O2. The molecule has 0 saturated heterocycles. The molecule has 0 radical (unpaired) electrons. The van der Waals surface area contributed by atoms with Crippen molar-refractivity contribution in [3.63, 3.8) is 0 Å². The zero-order valence-corrected chi connectivity index (χ0v) is 9.61. The summed E-state index contributed by atoms with van der Waals surface area (Å²) in [6, 6.07) is 0.